The molecule has 19 heavy (non-hydrogen) atoms. The molecule has 1 aromatic carbocycles. The molecule has 0 atom stereocenters. The lowest BCUT2D eigenvalue weighted by molar-refractivity contribution is 0.411. The fourth-order valence-electron chi connectivity index (χ4n) is 1.34. The van der Waals surface area contributed by atoms with Gasteiger partial charge in [0.2, 0.25) is 11.6 Å². The van der Waals surface area contributed by atoms with Crippen molar-refractivity contribution >= 4 is 27.3 Å². The van der Waals surface area contributed by atoms with Crippen LogP contribution in [0.4, 0.5) is 33.3 Å². The van der Waals surface area contributed by atoms with E-state index in [0.29, 0.717) is 0 Å². The van der Waals surface area contributed by atoms with Crippen LogP contribution < -0.4 is 5.32 Å². The lowest BCUT2D eigenvalue weighted by Crippen LogP contribution is -2.07. The second-order valence-electron chi connectivity index (χ2n) is 3.42. The van der Waals surface area contributed by atoms with Gasteiger partial charge in [-0.15, -0.1) is 0 Å². The molecule has 2 rings (SSSR count). The highest BCUT2D eigenvalue weighted by molar-refractivity contribution is 9.10. The number of nitrogens with zero attached hydrogens (tertiary/aromatic N) is 1. The molecule has 0 bridgehead atoms. The summed E-state index contributed by atoms with van der Waals surface area (Å²) >= 11 is 2.94. The van der Waals surface area contributed by atoms with Crippen LogP contribution in [0, 0.1) is 29.3 Å². The van der Waals surface area contributed by atoms with E-state index in [0.717, 1.165) is 6.07 Å². The number of hydrogen-bond donors (Lipinski definition) is 1. The summed E-state index contributed by atoms with van der Waals surface area (Å²) in [6.45, 7) is 0. The van der Waals surface area contributed by atoms with E-state index in [1.807, 2.05) is 5.32 Å². The van der Waals surface area contributed by atoms with Crippen molar-refractivity contribution in [3.05, 3.63) is 52.0 Å². The van der Waals surface area contributed by atoms with Gasteiger partial charge < -0.3 is 5.32 Å². The first-order valence-corrected chi connectivity index (χ1v) is 5.62. The Hall–Kier alpha value is -1.70. The second kappa shape index (κ2) is 5.12. The van der Waals surface area contributed by atoms with Crippen molar-refractivity contribution in [1.29, 1.82) is 0 Å². The van der Waals surface area contributed by atoms with Crippen LogP contribution in [0.1, 0.15) is 0 Å². The van der Waals surface area contributed by atoms with Gasteiger partial charge in [0.25, 0.3) is 11.9 Å². The molecule has 0 aliphatic rings. The smallest absolute Gasteiger partial charge is 0.253 e. The highest BCUT2D eigenvalue weighted by atomic mass is 79.9. The van der Waals surface area contributed by atoms with Crippen LogP contribution >= 0.6 is 15.9 Å². The van der Waals surface area contributed by atoms with Gasteiger partial charge in [-0.05, 0) is 28.1 Å². The Kier molecular flexibility index (Phi) is 3.70. The van der Waals surface area contributed by atoms with E-state index < -0.39 is 35.0 Å². The number of halogens is 6. The predicted octanol–water partition coefficient (Wildman–Crippen LogP) is 4.28. The average molecular weight is 339 g/mol. The van der Waals surface area contributed by atoms with Crippen molar-refractivity contribution in [3.63, 3.8) is 0 Å². The van der Waals surface area contributed by atoms with Crippen molar-refractivity contribution in [2.24, 2.45) is 0 Å². The van der Waals surface area contributed by atoms with Gasteiger partial charge in [-0.1, -0.05) is 6.07 Å². The molecule has 0 saturated heterocycles. The normalized spacial score (nSPS) is 10.6. The van der Waals surface area contributed by atoms with Gasteiger partial charge in [0.15, 0.2) is 0 Å². The van der Waals surface area contributed by atoms with Crippen LogP contribution in [0.15, 0.2) is 22.7 Å². The highest BCUT2D eigenvalue weighted by Gasteiger charge is 2.22. The summed E-state index contributed by atoms with van der Waals surface area (Å²) in [6.07, 6.45) is 0. The molecule has 0 radical (unpaired) electrons. The number of aromatic nitrogens is 1. The molecule has 0 amide bonds. The van der Waals surface area contributed by atoms with Gasteiger partial charge in [-0.3, -0.25) is 0 Å². The third-order valence-electron chi connectivity index (χ3n) is 2.21. The first-order chi connectivity index (χ1) is 8.91. The van der Waals surface area contributed by atoms with Gasteiger partial charge in [0, 0.05) is 4.47 Å². The molecule has 2 nitrogen and oxygen atoms in total. The molecule has 1 aromatic heterocycles. The lowest BCUT2D eigenvalue weighted by Gasteiger charge is -2.11. The summed E-state index contributed by atoms with van der Waals surface area (Å²) in [5.74, 6) is -7.99. The van der Waals surface area contributed by atoms with Crippen molar-refractivity contribution in [2.75, 3.05) is 5.32 Å². The number of hydrogen-bond acceptors (Lipinski definition) is 2. The monoisotopic (exact) mass is 338 g/mol. The van der Waals surface area contributed by atoms with Crippen molar-refractivity contribution in [1.82, 2.24) is 4.98 Å². The Morgan fingerprint density at radius 3 is 2.00 bits per heavy atom. The van der Waals surface area contributed by atoms with E-state index in [4.69, 9.17) is 0 Å². The number of pyridine rings is 1. The molecule has 100 valence electrons. The Morgan fingerprint density at radius 2 is 1.47 bits per heavy atom. The minimum Gasteiger partial charge on any atom is -0.347 e. The third-order valence-corrected chi connectivity index (χ3v) is 2.87. The topological polar surface area (TPSA) is 24.9 Å². The van der Waals surface area contributed by atoms with Crippen molar-refractivity contribution in [2.45, 2.75) is 0 Å². The number of para-hydroxylation sites is 1. The standard InChI is InChI=1S/C11H4BrF5N2/c12-4-2-1-3-5(13)8(4)18-9-6(14)10(16)19-11(17)7(9)15/h1-3H,(H,18,19). The second-order valence-corrected chi connectivity index (χ2v) is 4.27. The highest BCUT2D eigenvalue weighted by Crippen LogP contribution is 2.31. The minimum atomic E-state index is -1.83. The predicted molar refractivity (Wildman–Crippen MR) is 61.5 cm³/mol. The number of benzene rings is 1. The van der Waals surface area contributed by atoms with Crippen LogP contribution in [0.3, 0.4) is 0 Å². The first kappa shape index (κ1) is 13.7. The van der Waals surface area contributed by atoms with E-state index in [9.17, 15) is 22.0 Å². The summed E-state index contributed by atoms with van der Waals surface area (Å²) < 4.78 is 66.1. The molecule has 1 N–H and O–H groups in total. The van der Waals surface area contributed by atoms with Crippen LogP contribution in [0.5, 0.6) is 0 Å². The van der Waals surface area contributed by atoms with E-state index in [1.165, 1.54) is 12.1 Å². The molecule has 1 heterocycles. The van der Waals surface area contributed by atoms with Crippen LogP contribution in [0.2, 0.25) is 0 Å². The molecule has 0 unspecified atom stereocenters. The van der Waals surface area contributed by atoms with Gasteiger partial charge in [-0.25, -0.2) is 4.39 Å². The molecule has 0 aliphatic carbocycles. The number of nitrogens with one attached hydrogen (secondary N) is 1. The Bertz CT molecular complexity index is 601. The molecule has 0 aliphatic heterocycles. The zero-order valence-electron chi connectivity index (χ0n) is 8.95. The molecule has 2 aromatic rings. The molecule has 8 heteroatoms. The van der Waals surface area contributed by atoms with Gasteiger partial charge >= 0.3 is 0 Å². The first-order valence-electron chi connectivity index (χ1n) is 4.83. The summed E-state index contributed by atoms with van der Waals surface area (Å²) in [5.41, 5.74) is -1.51. The molecular formula is C11H4BrF5N2. The van der Waals surface area contributed by atoms with E-state index in [2.05, 4.69) is 20.9 Å². The zero-order chi connectivity index (χ0) is 14.2. The molecule has 0 spiro atoms. The van der Waals surface area contributed by atoms with Crippen molar-refractivity contribution in [3.8, 4) is 0 Å². The maximum absolute atomic E-state index is 13.5. The largest absolute Gasteiger partial charge is 0.347 e. The molecule has 0 saturated carbocycles. The Balaban J connectivity index is 2.56. The van der Waals surface area contributed by atoms with Crippen LogP contribution in [-0.2, 0) is 0 Å². The molecule has 0 fully saturated rings. The fraction of sp³-hybridized carbons (Fsp3) is 0. The third kappa shape index (κ3) is 2.53. The van der Waals surface area contributed by atoms with Gasteiger partial charge in [0.05, 0.1) is 5.69 Å². The number of rotatable bonds is 2. The Labute approximate surface area is 112 Å². The average Bonchev–Trinajstić information content (AvgIpc) is 2.35. The maximum atomic E-state index is 13.5. The van der Waals surface area contributed by atoms with Gasteiger partial charge in [0.1, 0.15) is 11.5 Å². The summed E-state index contributed by atoms with van der Waals surface area (Å²) in [6, 6.07) is 3.73. The van der Waals surface area contributed by atoms with E-state index in [1.54, 1.807) is 0 Å². The van der Waals surface area contributed by atoms with E-state index >= 15 is 0 Å². The van der Waals surface area contributed by atoms with Crippen LogP contribution in [0.25, 0.3) is 0 Å². The fourth-order valence-corrected chi connectivity index (χ4v) is 1.78. The minimum absolute atomic E-state index is 0.129. The maximum Gasteiger partial charge on any atom is 0.253 e. The van der Waals surface area contributed by atoms with Crippen molar-refractivity contribution < 1.29 is 22.0 Å². The van der Waals surface area contributed by atoms with Gasteiger partial charge in [-0.2, -0.15) is 22.5 Å². The molecular weight excluding hydrogens is 335 g/mol. The van der Waals surface area contributed by atoms with E-state index in [-0.39, 0.29) is 10.2 Å². The van der Waals surface area contributed by atoms with Crippen LogP contribution in [-0.4, -0.2) is 4.98 Å². The lowest BCUT2D eigenvalue weighted by atomic mass is 10.2. The zero-order valence-corrected chi connectivity index (χ0v) is 10.5. The quantitative estimate of drug-likeness (QED) is 0.653. The summed E-state index contributed by atoms with van der Waals surface area (Å²) in [4.78, 5) is 2.39. The summed E-state index contributed by atoms with van der Waals surface area (Å²) in [7, 11) is 0. The number of anilines is 2. The summed E-state index contributed by atoms with van der Waals surface area (Å²) in [5, 5.41) is 1.97. The SMILES string of the molecule is Fc1cccc(Br)c1Nc1c(F)c(F)nc(F)c1F. The Morgan fingerprint density at radius 1 is 0.895 bits per heavy atom.